The lowest BCUT2D eigenvalue weighted by Gasteiger charge is -2.33. The van der Waals surface area contributed by atoms with Crippen molar-refractivity contribution in [3.63, 3.8) is 0 Å². The van der Waals surface area contributed by atoms with Crippen LogP contribution in [0.3, 0.4) is 0 Å². The van der Waals surface area contributed by atoms with Gasteiger partial charge in [0.1, 0.15) is 11.5 Å². The summed E-state index contributed by atoms with van der Waals surface area (Å²) in [7, 11) is 1.57. The number of aromatic nitrogens is 2. The Balaban J connectivity index is 1.15. The van der Waals surface area contributed by atoms with Gasteiger partial charge >= 0.3 is 0 Å². The van der Waals surface area contributed by atoms with Crippen LogP contribution in [-0.2, 0) is 4.74 Å². The molecule has 4 aromatic rings. The van der Waals surface area contributed by atoms with Gasteiger partial charge in [-0.05, 0) is 92.6 Å². The zero-order valence-corrected chi connectivity index (χ0v) is 23.1. The SMILES string of the molecule is CCOC1CCN(c2ccc(C(=O)Nc3ccc(Nc4ccc(N(C)C(=O)c5ccn[nH]5)cc4F)cc3)cc2)CC1. The van der Waals surface area contributed by atoms with Gasteiger partial charge < -0.3 is 25.2 Å². The lowest BCUT2D eigenvalue weighted by Crippen LogP contribution is -2.37. The van der Waals surface area contributed by atoms with E-state index in [1.165, 1.54) is 17.2 Å². The number of carbonyl (C=O) groups is 2. The van der Waals surface area contributed by atoms with Crippen molar-refractivity contribution in [2.75, 3.05) is 47.2 Å². The summed E-state index contributed by atoms with van der Waals surface area (Å²) in [6, 6.07) is 20.7. The Morgan fingerprint density at radius 1 is 1.02 bits per heavy atom. The van der Waals surface area contributed by atoms with Crippen molar-refractivity contribution >= 4 is 40.3 Å². The van der Waals surface area contributed by atoms with Gasteiger partial charge in [0.2, 0.25) is 0 Å². The number of piperidine rings is 1. The number of amides is 2. The van der Waals surface area contributed by atoms with Crippen LogP contribution in [0.2, 0.25) is 0 Å². The van der Waals surface area contributed by atoms with Crippen LogP contribution < -0.4 is 20.4 Å². The van der Waals surface area contributed by atoms with Gasteiger partial charge in [0.25, 0.3) is 11.8 Å². The van der Waals surface area contributed by atoms with Crippen LogP contribution in [0.4, 0.5) is 32.8 Å². The van der Waals surface area contributed by atoms with Crippen molar-refractivity contribution in [3.05, 3.63) is 96.1 Å². The summed E-state index contributed by atoms with van der Waals surface area (Å²) >= 11 is 0. The van der Waals surface area contributed by atoms with Crippen molar-refractivity contribution < 1.29 is 18.7 Å². The summed E-state index contributed by atoms with van der Waals surface area (Å²) < 4.78 is 20.6. The number of benzene rings is 3. The number of H-pyrrole nitrogens is 1. The quantitative estimate of drug-likeness (QED) is 0.240. The average Bonchev–Trinajstić information content (AvgIpc) is 3.54. The molecule has 1 fully saturated rings. The molecule has 0 saturated carbocycles. The lowest BCUT2D eigenvalue weighted by atomic mass is 10.1. The van der Waals surface area contributed by atoms with Gasteiger partial charge in [-0.3, -0.25) is 14.7 Å². The number of halogens is 1. The molecular weight excluding hydrogens is 523 g/mol. The number of hydrogen-bond donors (Lipinski definition) is 3. The van der Waals surface area contributed by atoms with Gasteiger partial charge in [-0.25, -0.2) is 4.39 Å². The van der Waals surface area contributed by atoms with Crippen molar-refractivity contribution in [3.8, 4) is 0 Å². The van der Waals surface area contributed by atoms with Crippen LogP contribution in [0.15, 0.2) is 79.0 Å². The minimum Gasteiger partial charge on any atom is -0.378 e. The zero-order chi connectivity index (χ0) is 28.8. The van der Waals surface area contributed by atoms with E-state index < -0.39 is 5.82 Å². The van der Waals surface area contributed by atoms with Gasteiger partial charge in [-0.2, -0.15) is 5.10 Å². The number of carbonyl (C=O) groups excluding carboxylic acids is 2. The third-order valence-electron chi connectivity index (χ3n) is 7.14. The van der Waals surface area contributed by atoms with E-state index in [9.17, 15) is 14.0 Å². The molecule has 0 aliphatic carbocycles. The van der Waals surface area contributed by atoms with E-state index in [-0.39, 0.29) is 17.5 Å². The largest absolute Gasteiger partial charge is 0.378 e. The first kappa shape index (κ1) is 27.9. The summed E-state index contributed by atoms with van der Waals surface area (Å²) in [5.74, 6) is -1.04. The lowest BCUT2D eigenvalue weighted by molar-refractivity contribution is 0.0459. The maximum Gasteiger partial charge on any atom is 0.276 e. The van der Waals surface area contributed by atoms with Gasteiger partial charge in [-0.15, -0.1) is 0 Å². The third kappa shape index (κ3) is 6.72. The Labute approximate surface area is 238 Å². The number of nitrogens with zero attached hydrogens (tertiary/aromatic N) is 3. The first-order valence-corrected chi connectivity index (χ1v) is 13.6. The maximum atomic E-state index is 14.9. The van der Waals surface area contributed by atoms with E-state index in [0.717, 1.165) is 38.2 Å². The molecule has 1 aliphatic heterocycles. The highest BCUT2D eigenvalue weighted by atomic mass is 19.1. The predicted molar refractivity (Wildman–Crippen MR) is 159 cm³/mol. The molecule has 41 heavy (non-hydrogen) atoms. The Morgan fingerprint density at radius 2 is 1.73 bits per heavy atom. The van der Waals surface area contributed by atoms with Gasteiger partial charge in [-0.1, -0.05) is 0 Å². The van der Waals surface area contributed by atoms with Crippen molar-refractivity contribution in [2.45, 2.75) is 25.9 Å². The summed E-state index contributed by atoms with van der Waals surface area (Å²) in [6.45, 7) is 4.65. The zero-order valence-electron chi connectivity index (χ0n) is 23.1. The minimum atomic E-state index is -0.508. The molecule has 3 aromatic carbocycles. The first-order chi connectivity index (χ1) is 19.9. The average molecular weight is 557 g/mol. The first-order valence-electron chi connectivity index (χ1n) is 13.6. The number of anilines is 5. The maximum absolute atomic E-state index is 14.9. The van der Waals surface area contributed by atoms with Crippen LogP contribution in [0.5, 0.6) is 0 Å². The molecule has 1 aliphatic rings. The second-order valence-corrected chi connectivity index (χ2v) is 9.84. The monoisotopic (exact) mass is 556 g/mol. The molecule has 2 heterocycles. The molecule has 9 nitrogen and oxygen atoms in total. The Morgan fingerprint density at radius 3 is 2.37 bits per heavy atom. The molecule has 0 bridgehead atoms. The number of nitrogens with one attached hydrogen (secondary N) is 3. The van der Waals surface area contributed by atoms with E-state index in [1.807, 2.05) is 31.2 Å². The fraction of sp³-hybridized carbons (Fsp3) is 0.258. The summed E-state index contributed by atoms with van der Waals surface area (Å²) in [5, 5.41) is 12.3. The van der Waals surface area contributed by atoms with Crippen LogP contribution in [0.1, 0.15) is 40.6 Å². The second kappa shape index (κ2) is 12.6. The number of ether oxygens (including phenoxy) is 1. The van der Waals surface area contributed by atoms with Gasteiger partial charge in [0.15, 0.2) is 0 Å². The molecule has 0 unspecified atom stereocenters. The normalized spacial score (nSPS) is 13.6. The molecule has 1 aromatic heterocycles. The molecule has 0 spiro atoms. The molecule has 0 atom stereocenters. The van der Waals surface area contributed by atoms with Crippen LogP contribution >= 0.6 is 0 Å². The smallest absolute Gasteiger partial charge is 0.276 e. The van der Waals surface area contributed by atoms with Crippen LogP contribution in [-0.4, -0.2) is 54.9 Å². The van der Waals surface area contributed by atoms with Gasteiger partial charge in [0.05, 0.1) is 11.8 Å². The fourth-order valence-corrected chi connectivity index (χ4v) is 4.82. The van der Waals surface area contributed by atoms with Crippen molar-refractivity contribution in [1.82, 2.24) is 10.2 Å². The van der Waals surface area contributed by atoms with E-state index in [1.54, 1.807) is 49.5 Å². The Bertz CT molecular complexity index is 1470. The van der Waals surface area contributed by atoms with Crippen LogP contribution in [0, 0.1) is 5.82 Å². The van der Waals surface area contributed by atoms with Crippen LogP contribution in [0.25, 0.3) is 0 Å². The fourth-order valence-electron chi connectivity index (χ4n) is 4.82. The molecular formula is C31H33FN6O3. The topological polar surface area (TPSA) is 103 Å². The molecule has 5 rings (SSSR count). The van der Waals surface area contributed by atoms with E-state index in [0.29, 0.717) is 34.4 Å². The molecule has 212 valence electrons. The van der Waals surface area contributed by atoms with Crippen molar-refractivity contribution in [1.29, 1.82) is 0 Å². The van der Waals surface area contributed by atoms with E-state index in [2.05, 4.69) is 25.7 Å². The summed E-state index contributed by atoms with van der Waals surface area (Å²) in [4.78, 5) is 29.0. The standard InChI is InChI=1S/C31H33FN6O3/c1-3-41-26-15-18-38(19-16-26)24-10-4-21(5-11-24)30(39)35-23-8-6-22(7-9-23)34-28-13-12-25(20-27(28)32)37(2)31(40)29-14-17-33-36-29/h4-14,17,20,26,34H,3,15-16,18-19H2,1-2H3,(H,33,36)(H,35,39). The third-order valence-corrected chi connectivity index (χ3v) is 7.14. The Kier molecular flexibility index (Phi) is 8.59. The molecule has 0 radical (unpaired) electrons. The number of rotatable bonds is 9. The number of hydrogen-bond acceptors (Lipinski definition) is 6. The molecule has 3 N–H and O–H groups in total. The minimum absolute atomic E-state index is 0.206. The molecule has 10 heteroatoms. The Hall–Kier alpha value is -4.70. The highest BCUT2D eigenvalue weighted by Crippen LogP contribution is 2.27. The van der Waals surface area contributed by atoms with E-state index >= 15 is 0 Å². The highest BCUT2D eigenvalue weighted by Gasteiger charge is 2.20. The number of aromatic amines is 1. The molecule has 2 amide bonds. The summed E-state index contributed by atoms with van der Waals surface area (Å²) in [5.41, 5.74) is 3.92. The molecule has 1 saturated heterocycles. The second-order valence-electron chi connectivity index (χ2n) is 9.84. The van der Waals surface area contributed by atoms with E-state index in [4.69, 9.17) is 4.74 Å². The van der Waals surface area contributed by atoms with Gasteiger partial charge in [0, 0.05) is 61.3 Å². The summed E-state index contributed by atoms with van der Waals surface area (Å²) in [6.07, 6.45) is 3.82. The van der Waals surface area contributed by atoms with Crippen molar-refractivity contribution in [2.24, 2.45) is 0 Å². The highest BCUT2D eigenvalue weighted by molar-refractivity contribution is 6.05. The predicted octanol–water partition coefficient (Wildman–Crippen LogP) is 5.83.